The summed E-state index contributed by atoms with van der Waals surface area (Å²) in [6.07, 6.45) is 7.25. The molecule has 3 aliphatic rings. The van der Waals surface area contributed by atoms with E-state index in [9.17, 15) is 5.11 Å². The molecule has 144 valence electrons. The third-order valence-electron chi connectivity index (χ3n) is 7.12. The molecule has 0 radical (unpaired) electrons. The van der Waals surface area contributed by atoms with Gasteiger partial charge < -0.3 is 15.3 Å². The van der Waals surface area contributed by atoms with Crippen molar-refractivity contribution in [1.29, 1.82) is 0 Å². The fourth-order valence-corrected chi connectivity index (χ4v) is 5.55. The molecule has 1 aliphatic carbocycles. The van der Waals surface area contributed by atoms with Crippen molar-refractivity contribution in [1.82, 2.24) is 15.1 Å². The summed E-state index contributed by atoms with van der Waals surface area (Å²) in [6, 6.07) is 8.95. The van der Waals surface area contributed by atoms with Gasteiger partial charge in [0.2, 0.25) is 0 Å². The SMILES string of the molecule is CN(CCN1CCCCCC1)[C@@H]1c2ccccc2C2(CCNCC2)[C@H]1O. The van der Waals surface area contributed by atoms with Crippen molar-refractivity contribution < 1.29 is 5.11 Å². The van der Waals surface area contributed by atoms with E-state index in [-0.39, 0.29) is 17.6 Å². The van der Waals surface area contributed by atoms with Gasteiger partial charge in [0, 0.05) is 18.5 Å². The van der Waals surface area contributed by atoms with E-state index < -0.39 is 0 Å². The van der Waals surface area contributed by atoms with Gasteiger partial charge in [0.25, 0.3) is 0 Å². The van der Waals surface area contributed by atoms with Gasteiger partial charge in [-0.25, -0.2) is 0 Å². The highest BCUT2D eigenvalue weighted by Crippen LogP contribution is 2.51. The van der Waals surface area contributed by atoms with Crippen molar-refractivity contribution in [2.75, 3.05) is 46.3 Å². The Balaban J connectivity index is 1.50. The van der Waals surface area contributed by atoms with E-state index in [1.54, 1.807) is 0 Å². The second-order valence-electron chi connectivity index (χ2n) is 8.62. The standard InChI is InChI=1S/C22H35N3O/c1-24(16-17-25-14-6-2-3-7-15-25)20-18-8-4-5-9-19(18)22(21(20)26)10-12-23-13-11-22/h4-5,8-9,20-21,23,26H,2-3,6-7,10-17H2,1H3/t20-,21+/m1/s1. The van der Waals surface area contributed by atoms with Gasteiger partial charge >= 0.3 is 0 Å². The first-order valence-corrected chi connectivity index (χ1v) is 10.6. The molecule has 2 aliphatic heterocycles. The second-order valence-corrected chi connectivity index (χ2v) is 8.62. The Morgan fingerprint density at radius 2 is 1.81 bits per heavy atom. The maximum absolute atomic E-state index is 11.5. The van der Waals surface area contributed by atoms with Gasteiger partial charge in [0.15, 0.2) is 0 Å². The van der Waals surface area contributed by atoms with Crippen molar-refractivity contribution in [3.8, 4) is 0 Å². The number of nitrogens with one attached hydrogen (secondary N) is 1. The average molecular weight is 358 g/mol. The number of aliphatic hydroxyl groups is 1. The normalized spacial score (nSPS) is 29.0. The molecule has 0 unspecified atom stereocenters. The molecule has 0 amide bonds. The van der Waals surface area contributed by atoms with Crippen molar-refractivity contribution in [2.24, 2.45) is 0 Å². The minimum Gasteiger partial charge on any atom is -0.390 e. The molecule has 1 aromatic carbocycles. The number of likely N-dealkylation sites (N-methyl/N-ethyl adjacent to an activating group) is 1. The van der Waals surface area contributed by atoms with Crippen LogP contribution in [0.15, 0.2) is 24.3 Å². The molecule has 0 aromatic heterocycles. The van der Waals surface area contributed by atoms with E-state index >= 15 is 0 Å². The van der Waals surface area contributed by atoms with E-state index in [2.05, 4.69) is 46.4 Å². The number of hydrogen-bond acceptors (Lipinski definition) is 4. The molecular formula is C22H35N3O. The van der Waals surface area contributed by atoms with Crippen molar-refractivity contribution >= 4 is 0 Å². The van der Waals surface area contributed by atoms with Crippen LogP contribution in [0.5, 0.6) is 0 Å². The van der Waals surface area contributed by atoms with Crippen molar-refractivity contribution in [3.63, 3.8) is 0 Å². The monoisotopic (exact) mass is 357 g/mol. The summed E-state index contributed by atoms with van der Waals surface area (Å²) in [4.78, 5) is 5.04. The number of rotatable bonds is 4. The molecular weight excluding hydrogens is 322 g/mol. The van der Waals surface area contributed by atoms with Crippen molar-refractivity contribution in [2.45, 2.75) is 56.1 Å². The van der Waals surface area contributed by atoms with E-state index in [1.807, 2.05) is 0 Å². The molecule has 4 rings (SSSR count). The third-order valence-corrected chi connectivity index (χ3v) is 7.12. The van der Waals surface area contributed by atoms with Crippen LogP contribution in [0, 0.1) is 0 Å². The average Bonchev–Trinajstić information content (AvgIpc) is 2.85. The fraction of sp³-hybridized carbons (Fsp3) is 0.727. The number of hydrogen-bond donors (Lipinski definition) is 2. The third kappa shape index (κ3) is 3.33. The first kappa shape index (κ1) is 18.4. The van der Waals surface area contributed by atoms with Gasteiger partial charge in [-0.1, -0.05) is 37.1 Å². The molecule has 26 heavy (non-hydrogen) atoms. The van der Waals surface area contributed by atoms with Crippen LogP contribution in [0.3, 0.4) is 0 Å². The minimum absolute atomic E-state index is 0.0522. The van der Waals surface area contributed by atoms with Crippen LogP contribution < -0.4 is 5.32 Å². The van der Waals surface area contributed by atoms with Crippen LogP contribution in [0.1, 0.15) is 55.7 Å². The Kier molecular flexibility index (Phi) is 5.65. The lowest BCUT2D eigenvalue weighted by Gasteiger charge is -2.40. The quantitative estimate of drug-likeness (QED) is 0.869. The minimum atomic E-state index is -0.295. The van der Waals surface area contributed by atoms with Crippen LogP contribution >= 0.6 is 0 Å². The summed E-state index contributed by atoms with van der Waals surface area (Å²) in [5.41, 5.74) is 2.71. The molecule has 2 fully saturated rings. The summed E-state index contributed by atoms with van der Waals surface area (Å²) >= 11 is 0. The Bertz CT molecular complexity index is 591. The second kappa shape index (κ2) is 7.97. The zero-order chi connectivity index (χ0) is 18.0. The zero-order valence-corrected chi connectivity index (χ0v) is 16.3. The zero-order valence-electron chi connectivity index (χ0n) is 16.3. The lowest BCUT2D eigenvalue weighted by molar-refractivity contribution is 0.00434. The summed E-state index contributed by atoms with van der Waals surface area (Å²) < 4.78 is 0. The topological polar surface area (TPSA) is 38.7 Å². The molecule has 2 saturated heterocycles. The predicted molar refractivity (Wildman–Crippen MR) is 107 cm³/mol. The molecule has 4 heteroatoms. The van der Waals surface area contributed by atoms with Gasteiger partial charge in [0.05, 0.1) is 12.1 Å². The van der Waals surface area contributed by atoms with Crippen LogP contribution in [-0.4, -0.2) is 67.3 Å². The first-order valence-electron chi connectivity index (χ1n) is 10.6. The Morgan fingerprint density at radius 1 is 1.12 bits per heavy atom. The lowest BCUT2D eigenvalue weighted by atomic mass is 9.72. The molecule has 2 atom stereocenters. The van der Waals surface area contributed by atoms with Gasteiger partial charge in [-0.15, -0.1) is 0 Å². The maximum Gasteiger partial charge on any atom is 0.0834 e. The first-order chi connectivity index (χ1) is 12.7. The summed E-state index contributed by atoms with van der Waals surface area (Å²) in [5, 5.41) is 14.9. The number of likely N-dealkylation sites (tertiary alicyclic amines) is 1. The fourth-order valence-electron chi connectivity index (χ4n) is 5.55. The molecule has 0 saturated carbocycles. The van der Waals surface area contributed by atoms with Crippen LogP contribution in [-0.2, 0) is 5.41 Å². The van der Waals surface area contributed by atoms with E-state index in [1.165, 1.54) is 49.9 Å². The smallest absolute Gasteiger partial charge is 0.0834 e. The van der Waals surface area contributed by atoms with Gasteiger partial charge in [-0.05, 0) is 70.0 Å². The molecule has 1 aromatic rings. The predicted octanol–water partition coefficient (Wildman–Crippen LogP) is 2.53. The Labute approximate surface area is 158 Å². The van der Waals surface area contributed by atoms with Gasteiger partial charge in [-0.3, -0.25) is 4.90 Å². The highest BCUT2D eigenvalue weighted by atomic mass is 16.3. The van der Waals surface area contributed by atoms with Gasteiger partial charge in [-0.2, -0.15) is 0 Å². The highest BCUT2D eigenvalue weighted by molar-refractivity contribution is 5.45. The lowest BCUT2D eigenvalue weighted by Crippen LogP contribution is -2.48. The number of fused-ring (bicyclic) bond motifs is 2. The van der Waals surface area contributed by atoms with Crippen LogP contribution in [0.25, 0.3) is 0 Å². The summed E-state index contributed by atoms with van der Waals surface area (Å²) in [6.45, 7) is 6.66. The number of benzene rings is 1. The van der Waals surface area contributed by atoms with Crippen LogP contribution in [0.4, 0.5) is 0 Å². The molecule has 2 N–H and O–H groups in total. The molecule has 4 nitrogen and oxygen atoms in total. The summed E-state index contributed by atoms with van der Waals surface area (Å²) in [5.74, 6) is 0. The van der Waals surface area contributed by atoms with Crippen LogP contribution in [0.2, 0.25) is 0 Å². The maximum atomic E-state index is 11.5. The highest BCUT2D eigenvalue weighted by Gasteiger charge is 2.52. The Morgan fingerprint density at radius 3 is 2.54 bits per heavy atom. The van der Waals surface area contributed by atoms with E-state index in [0.717, 1.165) is 39.0 Å². The largest absolute Gasteiger partial charge is 0.390 e. The molecule has 2 heterocycles. The molecule has 1 spiro atoms. The number of aliphatic hydroxyl groups excluding tert-OH is 1. The molecule has 0 bridgehead atoms. The van der Waals surface area contributed by atoms with Crippen molar-refractivity contribution in [3.05, 3.63) is 35.4 Å². The number of piperidine rings is 1. The van der Waals surface area contributed by atoms with Gasteiger partial charge in [0.1, 0.15) is 0 Å². The summed E-state index contributed by atoms with van der Waals surface area (Å²) in [7, 11) is 2.21. The van der Waals surface area contributed by atoms with E-state index in [0.29, 0.717) is 0 Å². The van der Waals surface area contributed by atoms with E-state index in [4.69, 9.17) is 0 Å². The number of nitrogens with zero attached hydrogens (tertiary/aromatic N) is 2. The Hall–Kier alpha value is -0.940.